The van der Waals surface area contributed by atoms with Gasteiger partial charge in [-0.05, 0) is 31.5 Å². The van der Waals surface area contributed by atoms with Crippen LogP contribution in [0.4, 0.5) is 5.82 Å². The molecule has 0 spiro atoms. The maximum Gasteiger partial charge on any atom is 0.301 e. The summed E-state index contributed by atoms with van der Waals surface area (Å²) in [6, 6.07) is 11.2. The number of rotatable bonds is 3. The lowest BCUT2D eigenvalue weighted by Crippen LogP contribution is -2.29. The van der Waals surface area contributed by atoms with E-state index in [-0.39, 0.29) is 17.2 Å². The fraction of sp³-hybridized carbons (Fsp3) is 0.143. The molecule has 0 radical (unpaired) electrons. The molecule has 0 aliphatic carbocycles. The van der Waals surface area contributed by atoms with Crippen LogP contribution in [0.5, 0.6) is 0 Å². The van der Waals surface area contributed by atoms with E-state index in [9.17, 15) is 14.7 Å². The van der Waals surface area contributed by atoms with Crippen molar-refractivity contribution in [1.29, 1.82) is 0 Å². The van der Waals surface area contributed by atoms with E-state index < -0.39 is 17.7 Å². The number of benzene rings is 1. The highest BCUT2D eigenvalue weighted by atomic mass is 16.5. The van der Waals surface area contributed by atoms with Crippen molar-refractivity contribution in [3.8, 4) is 0 Å². The first-order valence-electron chi connectivity index (χ1n) is 8.68. The maximum absolute atomic E-state index is 12.9. The van der Waals surface area contributed by atoms with E-state index in [1.807, 2.05) is 19.1 Å². The van der Waals surface area contributed by atoms with Gasteiger partial charge in [-0.3, -0.25) is 19.5 Å². The molecule has 1 N–H and O–H groups in total. The summed E-state index contributed by atoms with van der Waals surface area (Å²) in [4.78, 5) is 30.9. The molecule has 1 amide bonds. The van der Waals surface area contributed by atoms with Gasteiger partial charge in [0.15, 0.2) is 5.82 Å². The summed E-state index contributed by atoms with van der Waals surface area (Å²) in [5.41, 5.74) is 2.10. The number of hydrogen-bond acceptors (Lipinski definition) is 6. The van der Waals surface area contributed by atoms with Gasteiger partial charge in [-0.15, -0.1) is 0 Å². The fourth-order valence-corrected chi connectivity index (χ4v) is 3.26. The number of nitrogens with zero attached hydrogens (tertiary/aromatic N) is 3. The van der Waals surface area contributed by atoms with E-state index >= 15 is 0 Å². The van der Waals surface area contributed by atoms with Crippen molar-refractivity contribution >= 4 is 23.3 Å². The van der Waals surface area contributed by atoms with Gasteiger partial charge < -0.3 is 9.63 Å². The summed E-state index contributed by atoms with van der Waals surface area (Å²) < 4.78 is 5.09. The van der Waals surface area contributed by atoms with Gasteiger partial charge in [0.1, 0.15) is 11.5 Å². The van der Waals surface area contributed by atoms with E-state index in [1.54, 1.807) is 49.6 Å². The van der Waals surface area contributed by atoms with Crippen molar-refractivity contribution < 1.29 is 19.2 Å². The summed E-state index contributed by atoms with van der Waals surface area (Å²) in [6.07, 6.45) is 3.13. The normalized spacial score (nSPS) is 18.6. The van der Waals surface area contributed by atoms with Crippen molar-refractivity contribution in [2.24, 2.45) is 0 Å². The predicted octanol–water partition coefficient (Wildman–Crippen LogP) is 3.31. The van der Waals surface area contributed by atoms with E-state index in [0.717, 1.165) is 5.56 Å². The number of aliphatic hydroxyl groups is 1. The highest BCUT2D eigenvalue weighted by Gasteiger charge is 2.48. The number of amides is 1. The lowest BCUT2D eigenvalue weighted by atomic mass is 9.95. The number of hydrogen-bond donors (Lipinski definition) is 1. The van der Waals surface area contributed by atoms with Crippen LogP contribution >= 0.6 is 0 Å². The molecule has 1 aliphatic rings. The van der Waals surface area contributed by atoms with Crippen LogP contribution in [0.15, 0.2) is 65.0 Å². The molecule has 4 rings (SSSR count). The molecular weight excluding hydrogens is 358 g/mol. The Hall–Kier alpha value is -3.74. The molecule has 7 heteroatoms. The zero-order valence-electron chi connectivity index (χ0n) is 15.3. The Morgan fingerprint density at radius 1 is 1.07 bits per heavy atom. The molecule has 28 heavy (non-hydrogen) atoms. The molecule has 140 valence electrons. The second-order valence-electron chi connectivity index (χ2n) is 6.61. The Labute approximate surface area is 160 Å². The second-order valence-corrected chi connectivity index (χ2v) is 6.61. The van der Waals surface area contributed by atoms with Gasteiger partial charge in [-0.2, -0.15) is 0 Å². The monoisotopic (exact) mass is 375 g/mol. The first-order chi connectivity index (χ1) is 13.5. The van der Waals surface area contributed by atoms with E-state index in [0.29, 0.717) is 16.9 Å². The highest BCUT2D eigenvalue weighted by Crippen LogP contribution is 2.41. The number of pyridine rings is 1. The lowest BCUT2D eigenvalue weighted by Gasteiger charge is -2.22. The van der Waals surface area contributed by atoms with Gasteiger partial charge in [0.2, 0.25) is 0 Å². The smallest absolute Gasteiger partial charge is 0.301 e. The number of carbonyl (C=O) groups excluding carboxylic acids is 2. The number of Topliss-reactive ketones (excluding diaryl/α,β-unsaturated/α-hetero) is 1. The average Bonchev–Trinajstić information content (AvgIpc) is 3.24. The summed E-state index contributed by atoms with van der Waals surface area (Å²) in [6.45, 7) is 3.62. The van der Waals surface area contributed by atoms with Crippen LogP contribution in [0.2, 0.25) is 0 Å². The number of aryl methyl sites for hydroxylation is 2. The van der Waals surface area contributed by atoms with E-state index in [4.69, 9.17) is 4.52 Å². The van der Waals surface area contributed by atoms with Crippen LogP contribution in [-0.2, 0) is 9.59 Å². The largest absolute Gasteiger partial charge is 0.507 e. The number of ketones is 1. The van der Waals surface area contributed by atoms with Crippen LogP contribution in [0, 0.1) is 13.8 Å². The third-order valence-corrected chi connectivity index (χ3v) is 4.65. The Kier molecular flexibility index (Phi) is 4.27. The minimum Gasteiger partial charge on any atom is -0.507 e. The number of carbonyl (C=O) groups is 2. The minimum atomic E-state index is -0.839. The first kappa shape index (κ1) is 17.7. The molecule has 2 aromatic heterocycles. The molecular formula is C21H17N3O4. The van der Waals surface area contributed by atoms with Crippen LogP contribution in [-0.4, -0.2) is 26.9 Å². The maximum atomic E-state index is 12.9. The highest BCUT2D eigenvalue weighted by molar-refractivity contribution is 6.51. The fourth-order valence-electron chi connectivity index (χ4n) is 3.26. The average molecular weight is 375 g/mol. The van der Waals surface area contributed by atoms with Crippen LogP contribution < -0.4 is 4.90 Å². The lowest BCUT2D eigenvalue weighted by molar-refractivity contribution is -0.132. The Morgan fingerprint density at radius 2 is 1.75 bits per heavy atom. The molecule has 1 fully saturated rings. The summed E-state index contributed by atoms with van der Waals surface area (Å²) in [7, 11) is 0. The Bertz CT molecular complexity index is 1080. The van der Waals surface area contributed by atoms with Crippen molar-refractivity contribution in [1.82, 2.24) is 10.1 Å². The van der Waals surface area contributed by atoms with Crippen LogP contribution in [0.3, 0.4) is 0 Å². The molecule has 0 saturated carbocycles. The zero-order chi connectivity index (χ0) is 19.8. The quantitative estimate of drug-likeness (QED) is 0.429. The predicted molar refractivity (Wildman–Crippen MR) is 101 cm³/mol. The molecule has 1 aromatic carbocycles. The third-order valence-electron chi connectivity index (χ3n) is 4.65. The molecule has 1 aliphatic heterocycles. The van der Waals surface area contributed by atoms with E-state index in [2.05, 4.69) is 10.1 Å². The minimum absolute atomic E-state index is 0.000654. The Morgan fingerprint density at radius 3 is 2.36 bits per heavy atom. The van der Waals surface area contributed by atoms with Gasteiger partial charge in [0, 0.05) is 24.0 Å². The molecule has 1 atom stereocenters. The van der Waals surface area contributed by atoms with Crippen molar-refractivity contribution in [3.63, 3.8) is 0 Å². The van der Waals surface area contributed by atoms with Crippen molar-refractivity contribution in [3.05, 3.63) is 82.9 Å². The zero-order valence-corrected chi connectivity index (χ0v) is 15.3. The first-order valence-corrected chi connectivity index (χ1v) is 8.68. The second kappa shape index (κ2) is 6.77. The number of aliphatic hydroxyl groups excluding tert-OH is 1. The number of anilines is 1. The van der Waals surface area contributed by atoms with Gasteiger partial charge >= 0.3 is 5.91 Å². The molecule has 0 unspecified atom stereocenters. The molecule has 3 heterocycles. The summed E-state index contributed by atoms with van der Waals surface area (Å²) in [5, 5.41) is 14.8. The van der Waals surface area contributed by atoms with Gasteiger partial charge in [-0.1, -0.05) is 35.0 Å². The number of aromatic nitrogens is 2. The molecule has 1 saturated heterocycles. The van der Waals surface area contributed by atoms with Gasteiger partial charge in [0.05, 0.1) is 11.6 Å². The third kappa shape index (κ3) is 2.87. The van der Waals surface area contributed by atoms with Crippen molar-refractivity contribution in [2.45, 2.75) is 19.9 Å². The molecule has 3 aromatic rings. The molecule has 7 nitrogen and oxygen atoms in total. The van der Waals surface area contributed by atoms with E-state index in [1.165, 1.54) is 4.90 Å². The standard InChI is InChI=1S/C21H17N3O4/c1-12-3-5-15(6-4-12)19(25)17-18(14-7-9-22-10-8-14)24(21(27)20(17)26)16-11-13(2)28-23-16/h3-11,18,25H,1-2H3/t18-/m1/s1. The van der Waals surface area contributed by atoms with Gasteiger partial charge in [-0.25, -0.2) is 0 Å². The summed E-state index contributed by atoms with van der Waals surface area (Å²) in [5.74, 6) is -1.07. The van der Waals surface area contributed by atoms with Crippen LogP contribution in [0.1, 0.15) is 28.5 Å². The molecule has 0 bridgehead atoms. The SMILES string of the molecule is Cc1ccc(C(O)=C2C(=O)C(=O)N(c3cc(C)on3)[C@@H]2c2ccncc2)cc1. The van der Waals surface area contributed by atoms with Gasteiger partial charge in [0.25, 0.3) is 5.78 Å². The Balaban J connectivity index is 1.93. The topological polar surface area (TPSA) is 96.5 Å². The van der Waals surface area contributed by atoms with Crippen molar-refractivity contribution in [2.75, 3.05) is 4.90 Å². The summed E-state index contributed by atoms with van der Waals surface area (Å²) >= 11 is 0. The van der Waals surface area contributed by atoms with Crippen LogP contribution in [0.25, 0.3) is 5.76 Å².